The first kappa shape index (κ1) is 19.1. The van der Waals surface area contributed by atoms with Gasteiger partial charge in [0.25, 0.3) is 11.8 Å². The zero-order chi connectivity index (χ0) is 18.4. The van der Waals surface area contributed by atoms with Crippen molar-refractivity contribution in [2.24, 2.45) is 11.7 Å². The van der Waals surface area contributed by atoms with Crippen molar-refractivity contribution in [1.82, 2.24) is 10.6 Å². The highest BCUT2D eigenvalue weighted by Gasteiger charge is 2.23. The highest BCUT2D eigenvalue weighted by atomic mass is 35.5. The van der Waals surface area contributed by atoms with E-state index in [4.69, 9.17) is 22.1 Å². The Balaban J connectivity index is 1.84. The lowest BCUT2D eigenvalue weighted by molar-refractivity contribution is -0.122. The van der Waals surface area contributed by atoms with Crippen LogP contribution < -0.4 is 21.1 Å². The third kappa shape index (κ3) is 5.63. The summed E-state index contributed by atoms with van der Waals surface area (Å²) in [7, 11) is 0. The third-order valence-electron chi connectivity index (χ3n) is 4.25. The van der Waals surface area contributed by atoms with Gasteiger partial charge in [0.05, 0.1) is 5.56 Å². The molecule has 0 bridgehead atoms. The summed E-state index contributed by atoms with van der Waals surface area (Å²) in [6, 6.07) is 3.84. The number of carbonyl (C=O) groups excluding carboxylic acids is 3. The predicted molar refractivity (Wildman–Crippen MR) is 93.6 cm³/mol. The normalized spacial score (nSPS) is 19.8. The number of amides is 4. The highest BCUT2D eigenvalue weighted by Crippen LogP contribution is 2.24. The van der Waals surface area contributed by atoms with Crippen molar-refractivity contribution in [2.45, 2.75) is 38.6 Å². The molecule has 0 aliphatic heterocycles. The van der Waals surface area contributed by atoms with Crippen LogP contribution in [0.2, 0.25) is 5.02 Å². The maximum absolute atomic E-state index is 11.9. The van der Waals surface area contributed by atoms with Crippen LogP contribution >= 0.6 is 11.6 Å². The molecule has 0 aromatic heterocycles. The number of urea groups is 1. The lowest BCUT2D eigenvalue weighted by Gasteiger charge is -2.29. The third-order valence-corrected chi connectivity index (χ3v) is 4.48. The topological polar surface area (TPSA) is 111 Å². The number of halogens is 1. The Bertz CT molecular complexity index is 665. The van der Waals surface area contributed by atoms with Crippen LogP contribution in [0.1, 0.15) is 43.0 Å². The van der Waals surface area contributed by atoms with Gasteiger partial charge in [-0.15, -0.1) is 0 Å². The zero-order valence-electron chi connectivity index (χ0n) is 14.0. The monoisotopic (exact) mass is 367 g/mol. The van der Waals surface area contributed by atoms with Gasteiger partial charge in [0.2, 0.25) is 0 Å². The molecule has 1 aliphatic carbocycles. The fourth-order valence-corrected chi connectivity index (χ4v) is 3.03. The zero-order valence-corrected chi connectivity index (χ0v) is 14.8. The summed E-state index contributed by atoms with van der Waals surface area (Å²) in [6.07, 6.45) is 4.20. The maximum atomic E-state index is 11.9. The van der Waals surface area contributed by atoms with Crippen LogP contribution in [0.15, 0.2) is 18.2 Å². The minimum absolute atomic E-state index is 0.0696. The Morgan fingerprint density at radius 1 is 1.28 bits per heavy atom. The lowest BCUT2D eigenvalue weighted by Crippen LogP contribution is -2.48. The summed E-state index contributed by atoms with van der Waals surface area (Å²) in [5, 5.41) is 5.36. The van der Waals surface area contributed by atoms with Gasteiger partial charge in [-0.25, -0.2) is 4.79 Å². The average Bonchev–Trinajstić information content (AvgIpc) is 2.55. The number of ether oxygens (including phenoxy) is 1. The molecule has 0 saturated heterocycles. The minimum atomic E-state index is -0.720. The smallest absolute Gasteiger partial charge is 0.321 e. The molecule has 2 rings (SSSR count). The Morgan fingerprint density at radius 2 is 2.00 bits per heavy atom. The van der Waals surface area contributed by atoms with Gasteiger partial charge >= 0.3 is 6.03 Å². The Hall–Kier alpha value is -2.28. The van der Waals surface area contributed by atoms with Crippen LogP contribution in [-0.2, 0) is 4.79 Å². The molecule has 4 N–H and O–H groups in total. The Kier molecular flexibility index (Phi) is 6.64. The van der Waals surface area contributed by atoms with Crippen LogP contribution in [0, 0.1) is 5.92 Å². The van der Waals surface area contributed by atoms with E-state index >= 15 is 0 Å². The molecule has 4 amide bonds. The SMILES string of the molecule is C[C@H]1CCCC[C@@H]1NC(=O)NC(=O)COc1ccc(Cl)cc1C(N)=O. The number of nitrogens with two attached hydrogens (primary N) is 1. The number of hydrogen-bond donors (Lipinski definition) is 3. The molecule has 1 aromatic carbocycles. The fourth-order valence-electron chi connectivity index (χ4n) is 2.86. The van der Waals surface area contributed by atoms with Crippen molar-refractivity contribution in [3.05, 3.63) is 28.8 Å². The van der Waals surface area contributed by atoms with E-state index in [1.54, 1.807) is 0 Å². The van der Waals surface area contributed by atoms with Crippen molar-refractivity contribution in [3.8, 4) is 5.75 Å². The molecule has 25 heavy (non-hydrogen) atoms. The Morgan fingerprint density at radius 3 is 2.68 bits per heavy atom. The van der Waals surface area contributed by atoms with Gasteiger partial charge in [0, 0.05) is 11.1 Å². The Labute approximate surface area is 151 Å². The first-order chi connectivity index (χ1) is 11.9. The summed E-state index contributed by atoms with van der Waals surface area (Å²) in [5.74, 6) is -0.820. The van der Waals surface area contributed by atoms with E-state index < -0.39 is 24.5 Å². The van der Waals surface area contributed by atoms with E-state index in [9.17, 15) is 14.4 Å². The molecule has 1 aliphatic rings. The molecule has 1 aromatic rings. The highest BCUT2D eigenvalue weighted by molar-refractivity contribution is 6.31. The van der Waals surface area contributed by atoms with Crippen LogP contribution in [0.25, 0.3) is 0 Å². The van der Waals surface area contributed by atoms with Gasteiger partial charge in [-0.1, -0.05) is 31.4 Å². The molecule has 7 nitrogen and oxygen atoms in total. The lowest BCUT2D eigenvalue weighted by atomic mass is 9.86. The van der Waals surface area contributed by atoms with Crippen LogP contribution in [-0.4, -0.2) is 30.5 Å². The summed E-state index contributed by atoms with van der Waals surface area (Å²) >= 11 is 5.80. The molecule has 0 radical (unpaired) electrons. The predicted octanol–water partition coefficient (Wildman–Crippen LogP) is 2.22. The second-order valence-electron chi connectivity index (χ2n) is 6.18. The number of carbonyl (C=O) groups is 3. The van der Waals surface area contributed by atoms with Crippen LogP contribution in [0.4, 0.5) is 4.79 Å². The summed E-state index contributed by atoms with van der Waals surface area (Å²) < 4.78 is 5.28. The molecule has 1 fully saturated rings. The number of benzene rings is 1. The number of rotatable bonds is 5. The van der Waals surface area contributed by atoms with E-state index in [1.165, 1.54) is 18.2 Å². The fraction of sp³-hybridized carbons (Fsp3) is 0.471. The average molecular weight is 368 g/mol. The van der Waals surface area contributed by atoms with E-state index in [0.717, 1.165) is 25.7 Å². The summed E-state index contributed by atoms with van der Waals surface area (Å²) in [4.78, 5) is 35.1. The molecule has 2 atom stereocenters. The standard InChI is InChI=1S/C17H22ClN3O4/c1-10-4-2-3-5-13(10)20-17(24)21-15(22)9-25-14-7-6-11(18)8-12(14)16(19)23/h6-8,10,13H,2-5,9H2,1H3,(H2,19,23)(H2,20,21,22,24)/t10-,13-/m0/s1. The van der Waals surface area contributed by atoms with E-state index in [0.29, 0.717) is 10.9 Å². The van der Waals surface area contributed by atoms with Gasteiger partial charge in [-0.05, 0) is 37.0 Å². The van der Waals surface area contributed by atoms with Gasteiger partial charge < -0.3 is 15.8 Å². The molecule has 8 heteroatoms. The van der Waals surface area contributed by atoms with E-state index in [1.807, 2.05) is 0 Å². The summed E-state index contributed by atoms with van der Waals surface area (Å²) in [6.45, 7) is 1.66. The van der Waals surface area contributed by atoms with Crippen LogP contribution in [0.5, 0.6) is 5.75 Å². The molecule has 136 valence electrons. The number of primary amides is 1. The number of imide groups is 1. The molecule has 0 heterocycles. The second-order valence-corrected chi connectivity index (χ2v) is 6.62. The van der Waals surface area contributed by atoms with Crippen molar-refractivity contribution >= 4 is 29.4 Å². The molecule has 0 unspecified atom stereocenters. The second kappa shape index (κ2) is 8.71. The first-order valence-corrected chi connectivity index (χ1v) is 8.57. The molecular formula is C17H22ClN3O4. The van der Waals surface area contributed by atoms with Crippen molar-refractivity contribution in [2.75, 3.05) is 6.61 Å². The number of nitrogens with one attached hydrogen (secondary N) is 2. The maximum Gasteiger partial charge on any atom is 0.321 e. The van der Waals surface area contributed by atoms with Gasteiger partial charge in [0.1, 0.15) is 5.75 Å². The molecule has 0 spiro atoms. The van der Waals surface area contributed by atoms with E-state index in [-0.39, 0.29) is 17.4 Å². The van der Waals surface area contributed by atoms with Crippen molar-refractivity contribution < 1.29 is 19.1 Å². The molecule has 1 saturated carbocycles. The van der Waals surface area contributed by atoms with Crippen LogP contribution in [0.3, 0.4) is 0 Å². The van der Waals surface area contributed by atoms with Gasteiger partial charge in [0.15, 0.2) is 6.61 Å². The van der Waals surface area contributed by atoms with Crippen molar-refractivity contribution in [3.63, 3.8) is 0 Å². The number of hydrogen-bond acceptors (Lipinski definition) is 4. The quantitative estimate of drug-likeness (QED) is 0.740. The summed E-state index contributed by atoms with van der Waals surface area (Å²) in [5.41, 5.74) is 5.32. The largest absolute Gasteiger partial charge is 0.483 e. The minimum Gasteiger partial charge on any atom is -0.483 e. The van der Waals surface area contributed by atoms with Gasteiger partial charge in [-0.3, -0.25) is 14.9 Å². The van der Waals surface area contributed by atoms with Gasteiger partial charge in [-0.2, -0.15) is 0 Å². The molecular weight excluding hydrogens is 346 g/mol. The first-order valence-electron chi connectivity index (χ1n) is 8.19. The van der Waals surface area contributed by atoms with Crippen molar-refractivity contribution in [1.29, 1.82) is 0 Å². The van der Waals surface area contributed by atoms with E-state index in [2.05, 4.69) is 17.6 Å².